The van der Waals surface area contributed by atoms with Crippen molar-refractivity contribution in [1.82, 2.24) is 0 Å². The van der Waals surface area contributed by atoms with Crippen molar-refractivity contribution in [3.05, 3.63) is 63.7 Å². The maximum Gasteiger partial charge on any atom is 0.269 e. The molecule has 0 aliphatic rings. The lowest BCUT2D eigenvalue weighted by Crippen LogP contribution is -2.18. The number of nitrogens with one attached hydrogen (secondary N) is 2. The smallest absolute Gasteiger partial charge is 0.269 e. The van der Waals surface area contributed by atoms with E-state index in [1.165, 1.54) is 12.1 Å². The largest absolute Gasteiger partial charge is 0.332 e. The Labute approximate surface area is 125 Å². The molecular formula is C13H10ClN3O2S. The van der Waals surface area contributed by atoms with Crippen LogP contribution in [-0.2, 0) is 0 Å². The van der Waals surface area contributed by atoms with Crippen LogP contribution in [0.3, 0.4) is 0 Å². The van der Waals surface area contributed by atoms with Crippen LogP contribution in [0.25, 0.3) is 0 Å². The van der Waals surface area contributed by atoms with Crippen LogP contribution in [0.5, 0.6) is 0 Å². The zero-order valence-corrected chi connectivity index (χ0v) is 11.7. The number of halogens is 1. The molecule has 20 heavy (non-hydrogen) atoms. The van der Waals surface area contributed by atoms with Gasteiger partial charge in [-0.05, 0) is 48.6 Å². The first-order valence-corrected chi connectivity index (χ1v) is 6.41. The van der Waals surface area contributed by atoms with Crippen LogP contribution >= 0.6 is 23.8 Å². The molecule has 0 saturated heterocycles. The van der Waals surface area contributed by atoms with Crippen molar-refractivity contribution >= 4 is 46.0 Å². The Bertz CT molecular complexity index is 629. The molecule has 2 aromatic carbocycles. The molecule has 7 heteroatoms. The summed E-state index contributed by atoms with van der Waals surface area (Å²) >= 11 is 10.9. The highest BCUT2D eigenvalue weighted by Crippen LogP contribution is 2.17. The van der Waals surface area contributed by atoms with Gasteiger partial charge in [0.05, 0.1) is 4.92 Å². The average molecular weight is 308 g/mol. The number of nitro groups is 1. The minimum absolute atomic E-state index is 0.0344. The second kappa shape index (κ2) is 6.31. The van der Waals surface area contributed by atoms with Crippen molar-refractivity contribution in [2.24, 2.45) is 0 Å². The lowest BCUT2D eigenvalue weighted by molar-refractivity contribution is -0.384. The molecule has 0 saturated carbocycles. The Morgan fingerprint density at radius 1 is 1.00 bits per heavy atom. The first kappa shape index (κ1) is 14.2. The molecule has 0 radical (unpaired) electrons. The van der Waals surface area contributed by atoms with Crippen molar-refractivity contribution in [2.75, 3.05) is 10.6 Å². The van der Waals surface area contributed by atoms with Crippen LogP contribution in [0.15, 0.2) is 48.5 Å². The maximum atomic E-state index is 10.5. The first-order valence-electron chi connectivity index (χ1n) is 5.62. The molecule has 0 aliphatic carbocycles. The molecule has 2 rings (SSSR count). The number of non-ortho nitro benzene ring substituents is 1. The summed E-state index contributed by atoms with van der Waals surface area (Å²) in [6, 6.07) is 13.1. The van der Waals surface area contributed by atoms with Gasteiger partial charge in [-0.3, -0.25) is 10.1 Å². The van der Waals surface area contributed by atoms with Crippen LogP contribution in [0.1, 0.15) is 0 Å². The Balaban J connectivity index is 1.97. The molecule has 2 N–H and O–H groups in total. The van der Waals surface area contributed by atoms with Gasteiger partial charge in [0.15, 0.2) is 5.11 Å². The molecule has 0 amide bonds. The SMILES string of the molecule is O=[N+]([O-])c1ccc(NC(=S)Nc2ccc(Cl)cc2)cc1. The Hall–Kier alpha value is -2.18. The quantitative estimate of drug-likeness (QED) is 0.508. The highest BCUT2D eigenvalue weighted by Gasteiger charge is 2.04. The molecule has 0 aromatic heterocycles. The molecule has 0 bridgehead atoms. The van der Waals surface area contributed by atoms with Crippen molar-refractivity contribution < 1.29 is 4.92 Å². The molecule has 2 aromatic rings. The molecule has 0 fully saturated rings. The van der Waals surface area contributed by atoms with Gasteiger partial charge in [-0.2, -0.15) is 0 Å². The summed E-state index contributed by atoms with van der Waals surface area (Å²) in [6.45, 7) is 0. The fourth-order valence-corrected chi connectivity index (χ4v) is 1.85. The zero-order valence-electron chi connectivity index (χ0n) is 10.2. The molecule has 0 unspecified atom stereocenters. The monoisotopic (exact) mass is 307 g/mol. The zero-order chi connectivity index (χ0) is 14.5. The second-order valence-electron chi connectivity index (χ2n) is 3.89. The Morgan fingerprint density at radius 2 is 1.45 bits per heavy atom. The number of anilines is 2. The third-order valence-corrected chi connectivity index (χ3v) is 2.89. The van der Waals surface area contributed by atoms with E-state index < -0.39 is 4.92 Å². The van der Waals surface area contributed by atoms with E-state index in [9.17, 15) is 10.1 Å². The van der Waals surface area contributed by atoms with E-state index in [4.69, 9.17) is 23.8 Å². The first-order chi connectivity index (χ1) is 9.54. The van der Waals surface area contributed by atoms with Gasteiger partial charge in [0.1, 0.15) is 0 Å². The van der Waals surface area contributed by atoms with E-state index in [2.05, 4.69) is 10.6 Å². The third kappa shape index (κ3) is 3.91. The van der Waals surface area contributed by atoms with Crippen LogP contribution < -0.4 is 10.6 Å². The van der Waals surface area contributed by atoms with Gasteiger partial charge >= 0.3 is 0 Å². The summed E-state index contributed by atoms with van der Waals surface area (Å²) in [5.74, 6) is 0. The number of nitrogens with zero attached hydrogens (tertiary/aromatic N) is 1. The Kier molecular flexibility index (Phi) is 4.49. The molecule has 5 nitrogen and oxygen atoms in total. The molecule has 0 spiro atoms. The van der Waals surface area contributed by atoms with Gasteiger partial charge < -0.3 is 10.6 Å². The Morgan fingerprint density at radius 3 is 1.90 bits per heavy atom. The van der Waals surface area contributed by atoms with Crippen molar-refractivity contribution in [3.63, 3.8) is 0 Å². The van der Waals surface area contributed by atoms with E-state index in [0.717, 1.165) is 5.69 Å². The fraction of sp³-hybridized carbons (Fsp3) is 0. The number of rotatable bonds is 3. The standard InChI is InChI=1S/C13H10ClN3O2S/c14-9-1-3-10(4-2-9)15-13(20)16-11-5-7-12(8-6-11)17(18)19/h1-8H,(H2,15,16,20). The predicted octanol–water partition coefficient (Wildman–Crippen LogP) is 4.06. The molecule has 102 valence electrons. The number of nitro benzene ring substituents is 1. The maximum absolute atomic E-state index is 10.5. The summed E-state index contributed by atoms with van der Waals surface area (Å²) in [7, 11) is 0. The lowest BCUT2D eigenvalue weighted by atomic mass is 10.3. The summed E-state index contributed by atoms with van der Waals surface area (Å²) in [4.78, 5) is 10.1. The van der Waals surface area contributed by atoms with E-state index >= 15 is 0 Å². The summed E-state index contributed by atoms with van der Waals surface area (Å²) < 4.78 is 0. The van der Waals surface area contributed by atoms with Gasteiger partial charge in [0, 0.05) is 28.5 Å². The number of hydrogen-bond acceptors (Lipinski definition) is 3. The normalized spacial score (nSPS) is 9.85. The minimum Gasteiger partial charge on any atom is -0.332 e. The van der Waals surface area contributed by atoms with Gasteiger partial charge in [-0.1, -0.05) is 11.6 Å². The van der Waals surface area contributed by atoms with Crippen molar-refractivity contribution in [2.45, 2.75) is 0 Å². The van der Waals surface area contributed by atoms with Gasteiger partial charge in [-0.25, -0.2) is 0 Å². The van der Waals surface area contributed by atoms with Gasteiger partial charge in [-0.15, -0.1) is 0 Å². The number of thiocarbonyl (C=S) groups is 1. The van der Waals surface area contributed by atoms with E-state index in [-0.39, 0.29) is 5.69 Å². The summed E-state index contributed by atoms with van der Waals surface area (Å²) in [5.41, 5.74) is 1.50. The average Bonchev–Trinajstić information content (AvgIpc) is 2.42. The van der Waals surface area contributed by atoms with Crippen molar-refractivity contribution in [1.29, 1.82) is 0 Å². The summed E-state index contributed by atoms with van der Waals surface area (Å²) in [5, 5.41) is 17.5. The molecule has 0 atom stereocenters. The van der Waals surface area contributed by atoms with Crippen LogP contribution in [-0.4, -0.2) is 10.0 Å². The van der Waals surface area contributed by atoms with E-state index in [0.29, 0.717) is 15.8 Å². The van der Waals surface area contributed by atoms with Gasteiger partial charge in [0.2, 0.25) is 0 Å². The topological polar surface area (TPSA) is 67.2 Å². The van der Waals surface area contributed by atoms with E-state index in [1.54, 1.807) is 36.4 Å². The molecular weight excluding hydrogens is 298 g/mol. The van der Waals surface area contributed by atoms with Gasteiger partial charge in [0.25, 0.3) is 5.69 Å². The third-order valence-electron chi connectivity index (χ3n) is 2.44. The van der Waals surface area contributed by atoms with Crippen molar-refractivity contribution in [3.8, 4) is 0 Å². The van der Waals surface area contributed by atoms with Crippen LogP contribution in [0.2, 0.25) is 5.02 Å². The highest BCUT2D eigenvalue weighted by atomic mass is 35.5. The number of benzene rings is 2. The fourth-order valence-electron chi connectivity index (χ4n) is 1.49. The van der Waals surface area contributed by atoms with E-state index in [1.807, 2.05) is 0 Å². The lowest BCUT2D eigenvalue weighted by Gasteiger charge is -2.10. The second-order valence-corrected chi connectivity index (χ2v) is 4.73. The summed E-state index contributed by atoms with van der Waals surface area (Å²) in [6.07, 6.45) is 0. The van der Waals surface area contributed by atoms with Crippen LogP contribution in [0.4, 0.5) is 17.1 Å². The molecule has 0 aliphatic heterocycles. The predicted molar refractivity (Wildman–Crippen MR) is 84.4 cm³/mol. The van der Waals surface area contributed by atoms with Crippen LogP contribution in [0, 0.1) is 10.1 Å². The number of hydrogen-bond donors (Lipinski definition) is 2. The highest BCUT2D eigenvalue weighted by molar-refractivity contribution is 7.80. The molecule has 0 heterocycles. The minimum atomic E-state index is -0.450.